The Labute approximate surface area is 276 Å². The molecule has 0 aliphatic carbocycles. The number of hydrogen-bond donors (Lipinski definition) is 3. The molecule has 4 aromatic rings. The predicted molar refractivity (Wildman–Crippen MR) is 182 cm³/mol. The molecule has 2 heterocycles. The van der Waals surface area contributed by atoms with Crippen molar-refractivity contribution in [3.63, 3.8) is 0 Å². The topological polar surface area (TPSA) is 125 Å². The maximum atomic E-state index is 14.5. The number of nitrogens with one attached hydrogen (secondary N) is 1. The summed E-state index contributed by atoms with van der Waals surface area (Å²) in [5.74, 6) is -1.18. The van der Waals surface area contributed by atoms with Crippen LogP contribution in [0.4, 0.5) is 0 Å². The molecule has 246 valence electrons. The first kappa shape index (κ1) is 33.8. The zero-order valence-corrected chi connectivity index (χ0v) is 27.2. The number of aliphatic hydroxyl groups is 1. The van der Waals surface area contributed by atoms with Crippen LogP contribution < -0.4 is 5.32 Å². The highest BCUT2D eigenvalue weighted by molar-refractivity contribution is 6.14. The van der Waals surface area contributed by atoms with E-state index in [1.807, 2.05) is 51.9 Å². The number of aromatic nitrogens is 2. The zero-order chi connectivity index (χ0) is 33.3. The third-order valence-corrected chi connectivity index (χ3v) is 8.85. The van der Waals surface area contributed by atoms with E-state index in [-0.39, 0.29) is 35.5 Å². The highest BCUT2D eigenvalue weighted by Crippen LogP contribution is 2.31. The van der Waals surface area contributed by atoms with Crippen molar-refractivity contribution in [3.05, 3.63) is 112 Å². The van der Waals surface area contributed by atoms with Gasteiger partial charge in [0.25, 0.3) is 5.91 Å². The molecular formula is C38H44N4O5. The number of imidazole rings is 1. The second kappa shape index (κ2) is 15.8. The number of rotatable bonds is 15. The number of carbonyl (C=O) groups excluding carboxylic acids is 2. The lowest BCUT2D eigenvalue weighted by atomic mass is 9.87. The van der Waals surface area contributed by atoms with E-state index in [0.29, 0.717) is 61.7 Å². The number of carboxylic acids is 1. The van der Waals surface area contributed by atoms with Crippen LogP contribution >= 0.6 is 0 Å². The summed E-state index contributed by atoms with van der Waals surface area (Å²) in [6, 6.07) is 19.9. The van der Waals surface area contributed by atoms with Crippen molar-refractivity contribution < 1.29 is 24.6 Å². The van der Waals surface area contributed by atoms with Crippen molar-refractivity contribution in [1.29, 1.82) is 0 Å². The fourth-order valence-electron chi connectivity index (χ4n) is 6.13. The summed E-state index contributed by atoms with van der Waals surface area (Å²) in [6.45, 7) is 6.44. The van der Waals surface area contributed by atoms with Gasteiger partial charge in [0.1, 0.15) is 11.5 Å². The molecule has 9 heteroatoms. The van der Waals surface area contributed by atoms with E-state index in [0.717, 1.165) is 42.4 Å². The van der Waals surface area contributed by atoms with Crippen LogP contribution in [0.1, 0.15) is 93.0 Å². The minimum atomic E-state index is -1.14. The molecule has 3 aromatic carbocycles. The first-order valence-electron chi connectivity index (χ1n) is 16.6. The number of nitrogens with zero attached hydrogens (tertiary/aromatic N) is 3. The first-order chi connectivity index (χ1) is 22.8. The summed E-state index contributed by atoms with van der Waals surface area (Å²) in [5, 5.41) is 23.0. The lowest BCUT2D eigenvalue weighted by Crippen LogP contribution is -2.39. The number of carboxylic acid groups (broad SMARTS) is 1. The van der Waals surface area contributed by atoms with Crippen LogP contribution in [0.25, 0.3) is 11.4 Å². The van der Waals surface area contributed by atoms with E-state index in [4.69, 9.17) is 4.98 Å². The molecule has 5 rings (SSSR count). The molecule has 1 unspecified atom stereocenters. The van der Waals surface area contributed by atoms with Crippen molar-refractivity contribution in [1.82, 2.24) is 19.8 Å². The predicted octanol–water partition coefficient (Wildman–Crippen LogP) is 5.77. The van der Waals surface area contributed by atoms with Crippen LogP contribution in [0, 0.1) is 0 Å². The largest absolute Gasteiger partial charge is 0.478 e. The lowest BCUT2D eigenvalue weighted by molar-refractivity contribution is 0.0695. The second-order valence-electron chi connectivity index (χ2n) is 12.2. The Bertz CT molecular complexity index is 1710. The molecule has 1 aliphatic rings. The Morgan fingerprint density at radius 1 is 0.957 bits per heavy atom. The van der Waals surface area contributed by atoms with Crippen LogP contribution in [0.15, 0.2) is 72.9 Å². The van der Waals surface area contributed by atoms with Crippen LogP contribution in [0.2, 0.25) is 0 Å². The third-order valence-electron chi connectivity index (χ3n) is 8.85. The van der Waals surface area contributed by atoms with Crippen molar-refractivity contribution in [2.45, 2.75) is 71.5 Å². The minimum absolute atomic E-state index is 0.0131. The standard InChI is InChI=1S/C38H44N4O5/c1-3-5-18-41(19-6-4-2)37(45)34-24-42(20-17-26-11-8-7-9-12-26)36(40-34)31-16-15-27(38(46)47)21-33(31)35(44)30-14-10-13-28-23-39-29(25-43)22-32(28)30/h7-16,21,24,29,39,43H,3-6,17-20,22-23,25H2,1-2H3,(H,46,47). The van der Waals surface area contributed by atoms with Gasteiger partial charge >= 0.3 is 5.97 Å². The van der Waals surface area contributed by atoms with E-state index in [1.54, 1.807) is 18.3 Å². The lowest BCUT2D eigenvalue weighted by Gasteiger charge is -2.26. The number of ketones is 1. The van der Waals surface area contributed by atoms with Gasteiger partial charge in [-0.1, -0.05) is 75.2 Å². The molecule has 0 fully saturated rings. The van der Waals surface area contributed by atoms with E-state index in [9.17, 15) is 24.6 Å². The quantitative estimate of drug-likeness (QED) is 0.142. The van der Waals surface area contributed by atoms with E-state index in [1.165, 1.54) is 12.1 Å². The van der Waals surface area contributed by atoms with Crippen molar-refractivity contribution in [2.75, 3.05) is 19.7 Å². The molecule has 0 radical (unpaired) electrons. The zero-order valence-electron chi connectivity index (χ0n) is 27.2. The highest BCUT2D eigenvalue weighted by Gasteiger charge is 2.28. The molecule has 1 aromatic heterocycles. The molecule has 3 N–H and O–H groups in total. The summed E-state index contributed by atoms with van der Waals surface area (Å²) in [7, 11) is 0. The maximum Gasteiger partial charge on any atom is 0.335 e. The van der Waals surface area contributed by atoms with Gasteiger partial charge in [0.05, 0.1) is 12.2 Å². The van der Waals surface area contributed by atoms with Gasteiger partial charge in [-0.25, -0.2) is 9.78 Å². The first-order valence-corrected chi connectivity index (χ1v) is 16.6. The molecule has 0 spiro atoms. The summed E-state index contributed by atoms with van der Waals surface area (Å²) in [5.41, 5.74) is 4.35. The minimum Gasteiger partial charge on any atom is -0.478 e. The van der Waals surface area contributed by atoms with Gasteiger partial charge in [0.15, 0.2) is 5.78 Å². The average Bonchev–Trinajstić information content (AvgIpc) is 3.54. The summed E-state index contributed by atoms with van der Waals surface area (Å²) in [6.07, 6.45) is 6.62. The second-order valence-corrected chi connectivity index (χ2v) is 12.2. The number of amides is 1. The van der Waals surface area contributed by atoms with Crippen LogP contribution in [0.3, 0.4) is 0 Å². The number of unbranched alkanes of at least 4 members (excludes halogenated alkanes) is 2. The van der Waals surface area contributed by atoms with Crippen molar-refractivity contribution >= 4 is 17.7 Å². The van der Waals surface area contributed by atoms with E-state index >= 15 is 0 Å². The van der Waals surface area contributed by atoms with Crippen molar-refractivity contribution in [2.24, 2.45) is 0 Å². The SMILES string of the molecule is CCCCN(CCCC)C(=O)c1cn(CCc2ccccc2)c(-c2ccc(C(=O)O)cc2C(=O)c2cccc3c2CC(CO)NC3)n1. The van der Waals surface area contributed by atoms with Gasteiger partial charge in [0.2, 0.25) is 0 Å². The molecule has 47 heavy (non-hydrogen) atoms. The number of benzene rings is 3. The van der Waals surface area contributed by atoms with E-state index < -0.39 is 5.97 Å². The van der Waals surface area contributed by atoms with Crippen LogP contribution in [0.5, 0.6) is 0 Å². The number of hydrogen-bond acceptors (Lipinski definition) is 6. The molecular weight excluding hydrogens is 592 g/mol. The molecule has 0 bridgehead atoms. The number of carbonyl (C=O) groups is 3. The van der Waals surface area contributed by atoms with Crippen LogP contribution in [-0.2, 0) is 25.9 Å². The van der Waals surface area contributed by atoms with Crippen LogP contribution in [-0.4, -0.2) is 68.1 Å². The molecule has 1 aliphatic heterocycles. The molecule has 1 atom stereocenters. The maximum absolute atomic E-state index is 14.5. The van der Waals surface area contributed by atoms with Gasteiger partial charge in [0, 0.05) is 55.1 Å². The Morgan fingerprint density at radius 2 is 1.70 bits per heavy atom. The number of aliphatic hydroxyl groups excluding tert-OH is 1. The fourth-order valence-corrected chi connectivity index (χ4v) is 6.13. The van der Waals surface area contributed by atoms with Gasteiger partial charge in [-0.2, -0.15) is 0 Å². The average molecular weight is 637 g/mol. The fraction of sp³-hybridized carbons (Fsp3) is 0.368. The van der Waals surface area contributed by atoms with Crippen molar-refractivity contribution in [3.8, 4) is 11.4 Å². The van der Waals surface area contributed by atoms with Gasteiger partial charge in [-0.15, -0.1) is 0 Å². The monoisotopic (exact) mass is 636 g/mol. The Hall–Kier alpha value is -4.60. The third kappa shape index (κ3) is 7.86. The van der Waals surface area contributed by atoms with E-state index in [2.05, 4.69) is 19.2 Å². The summed E-state index contributed by atoms with van der Waals surface area (Å²) in [4.78, 5) is 47.2. The number of aromatic carboxylic acids is 1. The molecule has 0 saturated heterocycles. The molecule has 0 saturated carbocycles. The van der Waals surface area contributed by atoms with Gasteiger partial charge < -0.3 is 25.0 Å². The number of fused-ring (bicyclic) bond motifs is 1. The number of aryl methyl sites for hydroxylation is 2. The normalized spacial score (nSPS) is 14.1. The highest BCUT2D eigenvalue weighted by atomic mass is 16.4. The van der Waals surface area contributed by atoms with Gasteiger partial charge in [-0.05, 0) is 60.6 Å². The molecule has 1 amide bonds. The smallest absolute Gasteiger partial charge is 0.335 e. The summed E-state index contributed by atoms with van der Waals surface area (Å²) < 4.78 is 1.91. The van der Waals surface area contributed by atoms with Gasteiger partial charge in [-0.3, -0.25) is 9.59 Å². The molecule has 9 nitrogen and oxygen atoms in total. The summed E-state index contributed by atoms with van der Waals surface area (Å²) >= 11 is 0. The Kier molecular flexibility index (Phi) is 11.3. The Balaban J connectivity index is 1.62. The Morgan fingerprint density at radius 3 is 2.38 bits per heavy atom.